The van der Waals surface area contributed by atoms with Crippen molar-refractivity contribution >= 4 is 0 Å². The maximum Gasteiger partial charge on any atom is 0.124 e. The van der Waals surface area contributed by atoms with Gasteiger partial charge in [0.15, 0.2) is 0 Å². The van der Waals surface area contributed by atoms with Crippen LogP contribution in [0.4, 0.5) is 0 Å². The van der Waals surface area contributed by atoms with Gasteiger partial charge >= 0.3 is 0 Å². The lowest BCUT2D eigenvalue weighted by Crippen LogP contribution is -2.19. The van der Waals surface area contributed by atoms with Crippen LogP contribution in [-0.4, -0.2) is 5.11 Å². The molecule has 1 atom stereocenters. The number of hydrogen-bond donors (Lipinski definition) is 2. The molecule has 0 heterocycles. The monoisotopic (exact) mass is 235 g/mol. The fraction of sp³-hybridized carbons (Fsp3) is 0.600. The van der Waals surface area contributed by atoms with Gasteiger partial charge < -0.3 is 10.8 Å². The van der Waals surface area contributed by atoms with Crippen molar-refractivity contribution in [1.82, 2.24) is 0 Å². The van der Waals surface area contributed by atoms with Crippen LogP contribution in [0.5, 0.6) is 5.75 Å². The second-order valence-electron chi connectivity index (χ2n) is 6.27. The van der Waals surface area contributed by atoms with Gasteiger partial charge in [0.05, 0.1) is 0 Å². The largest absolute Gasteiger partial charge is 0.507 e. The summed E-state index contributed by atoms with van der Waals surface area (Å²) >= 11 is 0. The van der Waals surface area contributed by atoms with E-state index in [0.717, 1.165) is 16.7 Å². The van der Waals surface area contributed by atoms with Crippen LogP contribution in [0, 0.1) is 12.8 Å². The normalized spacial score (nSPS) is 14.1. The second kappa shape index (κ2) is 4.69. The Balaban J connectivity index is 3.39. The minimum atomic E-state index is -0.115. The Bertz CT molecular complexity index is 402. The van der Waals surface area contributed by atoms with Gasteiger partial charge in [-0.1, -0.05) is 52.3 Å². The molecule has 0 fully saturated rings. The lowest BCUT2D eigenvalue weighted by molar-refractivity contribution is 0.419. The van der Waals surface area contributed by atoms with Gasteiger partial charge in [-0.15, -0.1) is 0 Å². The minimum absolute atomic E-state index is 0.0679. The van der Waals surface area contributed by atoms with E-state index in [4.69, 9.17) is 5.73 Å². The van der Waals surface area contributed by atoms with Gasteiger partial charge in [-0.25, -0.2) is 0 Å². The number of nitrogens with two attached hydrogens (primary N) is 1. The average molecular weight is 235 g/mol. The molecule has 17 heavy (non-hydrogen) atoms. The van der Waals surface area contributed by atoms with Gasteiger partial charge in [-0.3, -0.25) is 0 Å². The minimum Gasteiger partial charge on any atom is -0.507 e. The Morgan fingerprint density at radius 3 is 2.12 bits per heavy atom. The van der Waals surface area contributed by atoms with Gasteiger partial charge in [0.1, 0.15) is 5.75 Å². The third-order valence-electron chi connectivity index (χ3n) is 3.17. The summed E-state index contributed by atoms with van der Waals surface area (Å²) < 4.78 is 0. The van der Waals surface area contributed by atoms with Gasteiger partial charge in [0.2, 0.25) is 0 Å². The van der Waals surface area contributed by atoms with Crippen molar-refractivity contribution in [3.63, 3.8) is 0 Å². The molecule has 1 aromatic rings. The van der Waals surface area contributed by atoms with Crippen molar-refractivity contribution < 1.29 is 5.11 Å². The van der Waals surface area contributed by atoms with Gasteiger partial charge in [-0.2, -0.15) is 0 Å². The third kappa shape index (κ3) is 3.01. The van der Waals surface area contributed by atoms with Crippen LogP contribution >= 0.6 is 0 Å². The number of phenolic OH excluding ortho intramolecular Hbond substituents is 1. The van der Waals surface area contributed by atoms with Crippen LogP contribution in [-0.2, 0) is 5.41 Å². The van der Waals surface area contributed by atoms with E-state index in [0.29, 0.717) is 11.7 Å². The molecule has 96 valence electrons. The van der Waals surface area contributed by atoms with Crippen molar-refractivity contribution in [2.45, 2.75) is 53.0 Å². The third-order valence-corrected chi connectivity index (χ3v) is 3.17. The maximum atomic E-state index is 10.4. The number of hydrogen-bond acceptors (Lipinski definition) is 2. The molecule has 0 aliphatic heterocycles. The number of benzene rings is 1. The molecular weight excluding hydrogens is 210 g/mol. The Morgan fingerprint density at radius 1 is 1.18 bits per heavy atom. The summed E-state index contributed by atoms with van der Waals surface area (Å²) in [5.41, 5.74) is 9.08. The summed E-state index contributed by atoms with van der Waals surface area (Å²) in [5, 5.41) is 10.4. The summed E-state index contributed by atoms with van der Waals surface area (Å²) in [5.74, 6) is 0.680. The van der Waals surface area contributed by atoms with Crippen molar-refractivity contribution in [3.05, 3.63) is 28.8 Å². The summed E-state index contributed by atoms with van der Waals surface area (Å²) in [6.07, 6.45) is 0. The summed E-state index contributed by atoms with van der Waals surface area (Å²) in [4.78, 5) is 0. The summed E-state index contributed by atoms with van der Waals surface area (Å²) in [7, 11) is 0. The molecule has 2 heteroatoms. The van der Waals surface area contributed by atoms with Crippen LogP contribution in [0.1, 0.15) is 57.4 Å². The molecule has 3 N–H and O–H groups in total. The van der Waals surface area contributed by atoms with Crippen molar-refractivity contribution in [3.8, 4) is 5.75 Å². The number of rotatable bonds is 2. The molecule has 1 unspecified atom stereocenters. The molecular formula is C15H25NO. The predicted octanol–water partition coefficient (Wildman–Crippen LogP) is 3.65. The van der Waals surface area contributed by atoms with E-state index >= 15 is 0 Å². The maximum absolute atomic E-state index is 10.4. The molecule has 2 nitrogen and oxygen atoms in total. The van der Waals surface area contributed by atoms with Crippen molar-refractivity contribution in [2.75, 3.05) is 0 Å². The molecule has 1 rings (SSSR count). The predicted molar refractivity (Wildman–Crippen MR) is 73.3 cm³/mol. The summed E-state index contributed by atoms with van der Waals surface area (Å²) in [6, 6.07) is 3.93. The van der Waals surface area contributed by atoms with Crippen molar-refractivity contribution in [1.29, 1.82) is 0 Å². The van der Waals surface area contributed by atoms with Crippen LogP contribution in [0.25, 0.3) is 0 Å². The van der Waals surface area contributed by atoms with Crippen LogP contribution in [0.3, 0.4) is 0 Å². The zero-order chi connectivity index (χ0) is 13.4. The highest BCUT2D eigenvalue weighted by atomic mass is 16.3. The smallest absolute Gasteiger partial charge is 0.124 e. The highest BCUT2D eigenvalue weighted by molar-refractivity contribution is 5.48. The van der Waals surface area contributed by atoms with Gasteiger partial charge in [0.25, 0.3) is 0 Å². The van der Waals surface area contributed by atoms with E-state index < -0.39 is 0 Å². The molecule has 0 spiro atoms. The van der Waals surface area contributed by atoms with Crippen LogP contribution in [0.2, 0.25) is 0 Å². The lowest BCUT2D eigenvalue weighted by atomic mass is 9.82. The first-order chi connectivity index (χ1) is 7.64. The van der Waals surface area contributed by atoms with Crippen LogP contribution < -0.4 is 5.73 Å². The topological polar surface area (TPSA) is 46.2 Å². The highest BCUT2D eigenvalue weighted by Gasteiger charge is 2.23. The fourth-order valence-electron chi connectivity index (χ4n) is 1.99. The molecule has 0 bridgehead atoms. The first-order valence-corrected chi connectivity index (χ1v) is 6.24. The van der Waals surface area contributed by atoms with E-state index in [1.165, 1.54) is 0 Å². The molecule has 0 saturated carbocycles. The standard InChI is InChI=1S/C15H25NO/c1-9(2)13(16)11-7-10(3)8-12(14(11)17)15(4,5)6/h7-9,13,17H,16H2,1-6H3. The second-order valence-corrected chi connectivity index (χ2v) is 6.27. The van der Waals surface area contributed by atoms with Gasteiger partial charge in [0, 0.05) is 11.6 Å². The fourth-order valence-corrected chi connectivity index (χ4v) is 1.99. The SMILES string of the molecule is Cc1cc(C(N)C(C)C)c(O)c(C(C)(C)C)c1. The average Bonchev–Trinajstić information content (AvgIpc) is 2.18. The van der Waals surface area contributed by atoms with E-state index in [9.17, 15) is 5.11 Å². The number of aryl methyl sites for hydroxylation is 1. The van der Waals surface area contributed by atoms with Crippen molar-refractivity contribution in [2.24, 2.45) is 11.7 Å². The molecule has 0 radical (unpaired) electrons. The molecule has 0 aliphatic carbocycles. The van der Waals surface area contributed by atoms with E-state index in [2.05, 4.69) is 34.6 Å². The zero-order valence-electron chi connectivity index (χ0n) is 11.8. The summed E-state index contributed by atoms with van der Waals surface area (Å²) in [6.45, 7) is 12.5. The Hall–Kier alpha value is -1.02. The molecule has 0 aliphatic rings. The molecule has 1 aromatic carbocycles. The molecule has 0 amide bonds. The zero-order valence-corrected chi connectivity index (χ0v) is 11.8. The molecule has 0 saturated heterocycles. The lowest BCUT2D eigenvalue weighted by Gasteiger charge is -2.26. The van der Waals surface area contributed by atoms with E-state index in [1.807, 2.05) is 19.1 Å². The number of aromatic hydroxyl groups is 1. The Kier molecular flexibility index (Phi) is 3.88. The first-order valence-electron chi connectivity index (χ1n) is 6.24. The quantitative estimate of drug-likeness (QED) is 0.822. The Morgan fingerprint density at radius 2 is 1.71 bits per heavy atom. The van der Waals surface area contributed by atoms with Crippen LogP contribution in [0.15, 0.2) is 12.1 Å². The number of phenols is 1. The van der Waals surface area contributed by atoms with E-state index in [1.54, 1.807) is 0 Å². The highest BCUT2D eigenvalue weighted by Crippen LogP contribution is 2.37. The molecule has 0 aromatic heterocycles. The van der Waals surface area contributed by atoms with E-state index in [-0.39, 0.29) is 11.5 Å². The Labute approximate surface area is 105 Å². The first kappa shape index (κ1) is 14.0. The van der Waals surface area contributed by atoms with Gasteiger partial charge in [-0.05, 0) is 23.8 Å².